The van der Waals surface area contributed by atoms with Gasteiger partial charge in [-0.25, -0.2) is 12.7 Å². The van der Waals surface area contributed by atoms with Gasteiger partial charge in [-0.15, -0.1) is 0 Å². The minimum Gasteiger partial charge on any atom is -0.393 e. The van der Waals surface area contributed by atoms with Crippen LogP contribution in [0.4, 0.5) is 0 Å². The van der Waals surface area contributed by atoms with Crippen LogP contribution in [0, 0.1) is 0 Å². The van der Waals surface area contributed by atoms with Gasteiger partial charge in [0.2, 0.25) is 10.0 Å². The van der Waals surface area contributed by atoms with E-state index in [2.05, 4.69) is 0 Å². The molecule has 16 heavy (non-hydrogen) atoms. The summed E-state index contributed by atoms with van der Waals surface area (Å²) >= 11 is 0. The Labute approximate surface area is 97.7 Å². The summed E-state index contributed by atoms with van der Waals surface area (Å²) in [6.45, 7) is 0. The molecule has 0 radical (unpaired) electrons. The van der Waals surface area contributed by atoms with Crippen molar-refractivity contribution in [1.82, 2.24) is 4.31 Å². The van der Waals surface area contributed by atoms with Crippen molar-refractivity contribution in [1.29, 1.82) is 0 Å². The fourth-order valence-corrected chi connectivity index (χ4v) is 4.56. The van der Waals surface area contributed by atoms with E-state index in [-0.39, 0.29) is 17.4 Å². The van der Waals surface area contributed by atoms with E-state index in [0.717, 1.165) is 44.9 Å². The van der Waals surface area contributed by atoms with Gasteiger partial charge in [0.05, 0.1) is 11.4 Å². The lowest BCUT2D eigenvalue weighted by atomic mass is 9.93. The van der Waals surface area contributed by atoms with Crippen LogP contribution in [0.5, 0.6) is 0 Å². The molecule has 4 nitrogen and oxygen atoms in total. The van der Waals surface area contributed by atoms with E-state index in [1.807, 2.05) is 0 Å². The van der Waals surface area contributed by atoms with Gasteiger partial charge < -0.3 is 5.11 Å². The average Bonchev–Trinajstić information content (AvgIpc) is 2.14. The highest BCUT2D eigenvalue weighted by Gasteiger charge is 2.38. The molecule has 0 amide bonds. The molecule has 0 aromatic carbocycles. The fraction of sp³-hybridized carbons (Fsp3) is 1.00. The quantitative estimate of drug-likeness (QED) is 0.812. The van der Waals surface area contributed by atoms with Crippen molar-refractivity contribution >= 4 is 10.0 Å². The van der Waals surface area contributed by atoms with E-state index in [0.29, 0.717) is 0 Å². The topological polar surface area (TPSA) is 57.6 Å². The monoisotopic (exact) mass is 247 g/mol. The first kappa shape index (κ1) is 12.3. The highest BCUT2D eigenvalue weighted by atomic mass is 32.2. The number of aliphatic hydroxyl groups excluding tert-OH is 1. The van der Waals surface area contributed by atoms with Gasteiger partial charge in [0, 0.05) is 13.1 Å². The average molecular weight is 247 g/mol. The maximum absolute atomic E-state index is 12.2. The number of rotatable bonds is 3. The molecule has 0 unspecified atom stereocenters. The Morgan fingerprint density at radius 3 is 2.06 bits per heavy atom. The highest BCUT2D eigenvalue weighted by molar-refractivity contribution is 7.89. The predicted octanol–water partition coefficient (Wildman–Crippen LogP) is 1.10. The Morgan fingerprint density at radius 2 is 1.62 bits per heavy atom. The van der Waals surface area contributed by atoms with Crippen LogP contribution >= 0.6 is 0 Å². The summed E-state index contributed by atoms with van der Waals surface area (Å²) in [5.41, 5.74) is 0. The molecule has 0 spiro atoms. The van der Waals surface area contributed by atoms with Crippen LogP contribution in [0.3, 0.4) is 0 Å². The first-order valence-electron chi connectivity index (χ1n) is 6.16. The van der Waals surface area contributed by atoms with Crippen LogP contribution in [0.25, 0.3) is 0 Å². The van der Waals surface area contributed by atoms with Crippen molar-refractivity contribution in [3.8, 4) is 0 Å². The number of hydrogen-bond acceptors (Lipinski definition) is 3. The molecule has 0 aliphatic heterocycles. The minimum atomic E-state index is -3.07. The second-order valence-corrected chi connectivity index (χ2v) is 7.35. The van der Waals surface area contributed by atoms with Crippen LogP contribution in [0.2, 0.25) is 0 Å². The lowest BCUT2D eigenvalue weighted by molar-refractivity contribution is 0.104. The van der Waals surface area contributed by atoms with Gasteiger partial charge in [-0.3, -0.25) is 0 Å². The lowest BCUT2D eigenvalue weighted by Gasteiger charge is -2.36. The molecule has 0 atom stereocenters. The molecule has 2 fully saturated rings. The molecular formula is C11H21NO3S. The van der Waals surface area contributed by atoms with Crippen molar-refractivity contribution < 1.29 is 13.5 Å². The lowest BCUT2D eigenvalue weighted by Crippen LogP contribution is -2.46. The third-order valence-corrected chi connectivity index (χ3v) is 6.47. The zero-order valence-electron chi connectivity index (χ0n) is 9.80. The Morgan fingerprint density at radius 1 is 1.06 bits per heavy atom. The highest BCUT2D eigenvalue weighted by Crippen LogP contribution is 2.31. The van der Waals surface area contributed by atoms with Gasteiger partial charge in [-0.05, 0) is 38.5 Å². The van der Waals surface area contributed by atoms with E-state index in [1.54, 1.807) is 11.4 Å². The number of aliphatic hydroxyl groups is 1. The molecule has 0 aromatic rings. The van der Waals surface area contributed by atoms with Crippen molar-refractivity contribution in [2.75, 3.05) is 7.05 Å². The zero-order valence-corrected chi connectivity index (χ0v) is 10.6. The molecule has 2 aliphatic carbocycles. The molecule has 0 aromatic heterocycles. The molecular weight excluding hydrogens is 226 g/mol. The van der Waals surface area contributed by atoms with Crippen LogP contribution in [-0.4, -0.2) is 42.3 Å². The Kier molecular flexibility index (Phi) is 3.56. The number of nitrogens with zero attached hydrogens (tertiary/aromatic N) is 1. The van der Waals surface area contributed by atoms with Crippen molar-refractivity contribution in [2.45, 2.75) is 62.3 Å². The van der Waals surface area contributed by atoms with Gasteiger partial charge in [-0.2, -0.15) is 0 Å². The molecule has 0 heterocycles. The molecule has 2 saturated carbocycles. The summed E-state index contributed by atoms with van der Waals surface area (Å²) in [4.78, 5) is 0. The van der Waals surface area contributed by atoms with Gasteiger partial charge in [0.15, 0.2) is 0 Å². The number of hydrogen-bond donors (Lipinski definition) is 1. The minimum absolute atomic E-state index is 0.106. The van der Waals surface area contributed by atoms with E-state index >= 15 is 0 Å². The summed E-state index contributed by atoms with van der Waals surface area (Å²) in [6, 6.07) is 0.106. The van der Waals surface area contributed by atoms with Crippen LogP contribution in [-0.2, 0) is 10.0 Å². The zero-order chi connectivity index (χ0) is 11.8. The summed E-state index contributed by atoms with van der Waals surface area (Å²) in [5, 5.41) is 9.28. The second kappa shape index (κ2) is 4.63. The standard InChI is InChI=1S/C11H21NO3S/c1-12(9-5-7-10(13)8-6-9)16(14,15)11-3-2-4-11/h9-11,13H,2-8H2,1H3. The van der Waals surface area contributed by atoms with Crippen molar-refractivity contribution in [2.24, 2.45) is 0 Å². The predicted molar refractivity (Wildman–Crippen MR) is 62.6 cm³/mol. The smallest absolute Gasteiger partial charge is 0.216 e. The van der Waals surface area contributed by atoms with Gasteiger partial charge in [-0.1, -0.05) is 6.42 Å². The third-order valence-electron chi connectivity index (χ3n) is 4.06. The van der Waals surface area contributed by atoms with Crippen molar-refractivity contribution in [3.63, 3.8) is 0 Å². The van der Waals surface area contributed by atoms with E-state index in [4.69, 9.17) is 0 Å². The Balaban J connectivity index is 1.98. The van der Waals surface area contributed by atoms with E-state index in [9.17, 15) is 13.5 Å². The maximum atomic E-state index is 12.2. The first-order valence-corrected chi connectivity index (χ1v) is 7.67. The normalized spacial score (nSPS) is 32.7. The number of sulfonamides is 1. The molecule has 5 heteroatoms. The fourth-order valence-electron chi connectivity index (χ4n) is 2.53. The van der Waals surface area contributed by atoms with Gasteiger partial charge >= 0.3 is 0 Å². The summed E-state index contributed by atoms with van der Waals surface area (Å²) < 4.78 is 25.9. The third kappa shape index (κ3) is 2.26. The van der Waals surface area contributed by atoms with E-state index in [1.165, 1.54) is 0 Å². The SMILES string of the molecule is CN(C1CCC(O)CC1)S(=O)(=O)C1CCC1. The molecule has 94 valence electrons. The van der Waals surface area contributed by atoms with Crippen LogP contribution < -0.4 is 0 Å². The Hall–Kier alpha value is -0.130. The molecule has 0 saturated heterocycles. The van der Waals surface area contributed by atoms with Crippen molar-refractivity contribution in [3.05, 3.63) is 0 Å². The summed E-state index contributed by atoms with van der Waals surface area (Å²) in [5.74, 6) is 0. The second-order valence-electron chi connectivity index (χ2n) is 5.08. The Bertz CT molecular complexity index is 329. The molecule has 2 aliphatic rings. The van der Waals surface area contributed by atoms with E-state index < -0.39 is 10.0 Å². The molecule has 0 bridgehead atoms. The summed E-state index contributed by atoms with van der Waals surface area (Å²) in [6.07, 6.45) is 5.51. The largest absolute Gasteiger partial charge is 0.393 e. The van der Waals surface area contributed by atoms with Crippen LogP contribution in [0.15, 0.2) is 0 Å². The molecule has 1 N–H and O–H groups in total. The summed E-state index contributed by atoms with van der Waals surface area (Å²) in [7, 11) is -1.36. The molecule has 2 rings (SSSR count). The van der Waals surface area contributed by atoms with Gasteiger partial charge in [0.1, 0.15) is 0 Å². The maximum Gasteiger partial charge on any atom is 0.216 e. The van der Waals surface area contributed by atoms with Crippen LogP contribution in [0.1, 0.15) is 44.9 Å². The van der Waals surface area contributed by atoms with Gasteiger partial charge in [0.25, 0.3) is 0 Å². The first-order chi connectivity index (χ1) is 7.51.